The molecule has 0 fully saturated rings. The Hall–Kier alpha value is -0.220. The minimum Gasteiger partial charge on any atom is -0.401 e. The fraction of sp³-hybridized carbons (Fsp3) is 0.600. The molecule has 0 aliphatic carbocycles. The number of hydrogen-bond acceptors (Lipinski definition) is 4. The molecule has 0 aromatic carbocycles. The van der Waals surface area contributed by atoms with Crippen LogP contribution < -0.4 is 0 Å². The number of aliphatic imine (C=N–C) groups is 1. The molecular formula is C5H6ClNO2S. The molecule has 0 amide bonds. The summed E-state index contributed by atoms with van der Waals surface area (Å²) in [6.45, 7) is 0.732. The maximum absolute atomic E-state index is 10.5. The number of ether oxygens (including phenoxy) is 1. The first-order valence-electron chi connectivity index (χ1n) is 2.77. The van der Waals surface area contributed by atoms with Crippen LogP contribution in [0.2, 0.25) is 0 Å². The second-order valence-corrected chi connectivity index (χ2v) is 2.92. The third-order valence-electron chi connectivity index (χ3n) is 0.868. The molecule has 1 heterocycles. The first-order valence-corrected chi connectivity index (χ1v) is 4.29. The summed E-state index contributed by atoms with van der Waals surface area (Å²) >= 11 is 6.63. The van der Waals surface area contributed by atoms with Crippen molar-refractivity contribution in [3.63, 3.8) is 0 Å². The van der Waals surface area contributed by atoms with Crippen LogP contribution in [-0.4, -0.2) is 29.4 Å². The molecule has 5 heteroatoms. The SMILES string of the molecule is O=C(CCl)OC1=NCCS1. The van der Waals surface area contributed by atoms with Crippen molar-refractivity contribution in [2.45, 2.75) is 0 Å². The molecule has 1 aliphatic rings. The van der Waals surface area contributed by atoms with E-state index in [0.29, 0.717) is 5.23 Å². The van der Waals surface area contributed by atoms with E-state index in [2.05, 4.69) is 4.99 Å². The Morgan fingerprint density at radius 3 is 3.20 bits per heavy atom. The number of alkyl halides is 1. The first kappa shape index (κ1) is 7.88. The van der Waals surface area contributed by atoms with E-state index in [1.807, 2.05) is 0 Å². The van der Waals surface area contributed by atoms with Crippen molar-refractivity contribution < 1.29 is 9.53 Å². The van der Waals surface area contributed by atoms with Crippen molar-refractivity contribution in [3.8, 4) is 0 Å². The van der Waals surface area contributed by atoms with E-state index >= 15 is 0 Å². The Morgan fingerprint density at radius 1 is 1.90 bits per heavy atom. The van der Waals surface area contributed by atoms with E-state index in [9.17, 15) is 4.79 Å². The fourth-order valence-corrected chi connectivity index (χ4v) is 1.25. The van der Waals surface area contributed by atoms with E-state index in [0.717, 1.165) is 12.3 Å². The number of carbonyl (C=O) groups is 1. The lowest BCUT2D eigenvalue weighted by atomic mass is 10.8. The van der Waals surface area contributed by atoms with E-state index < -0.39 is 5.97 Å². The highest BCUT2D eigenvalue weighted by atomic mass is 35.5. The lowest BCUT2D eigenvalue weighted by molar-refractivity contribution is -0.132. The van der Waals surface area contributed by atoms with Gasteiger partial charge in [0, 0.05) is 5.75 Å². The highest BCUT2D eigenvalue weighted by Crippen LogP contribution is 2.12. The molecule has 0 spiro atoms. The minimum absolute atomic E-state index is 0.112. The predicted octanol–water partition coefficient (Wildman–Crippen LogP) is 0.871. The zero-order valence-corrected chi connectivity index (χ0v) is 6.74. The van der Waals surface area contributed by atoms with Crippen molar-refractivity contribution in [2.24, 2.45) is 4.99 Å². The summed E-state index contributed by atoms with van der Waals surface area (Å²) in [7, 11) is 0. The number of carbonyl (C=O) groups excluding carboxylic acids is 1. The topological polar surface area (TPSA) is 38.7 Å². The van der Waals surface area contributed by atoms with Crippen molar-refractivity contribution >= 4 is 34.6 Å². The van der Waals surface area contributed by atoms with Crippen LogP contribution in [0, 0.1) is 0 Å². The van der Waals surface area contributed by atoms with Crippen LogP contribution in [0.3, 0.4) is 0 Å². The Bertz CT molecular complexity index is 171. The Labute approximate surface area is 67.8 Å². The standard InChI is InChI=1S/C5H6ClNO2S/c6-3-4(8)9-5-7-1-2-10-5/h1-3H2. The van der Waals surface area contributed by atoms with Crippen LogP contribution in [0.5, 0.6) is 0 Å². The zero-order chi connectivity index (χ0) is 7.40. The molecule has 3 nitrogen and oxygen atoms in total. The van der Waals surface area contributed by atoms with Gasteiger partial charge in [-0.05, 0) is 0 Å². The molecule has 56 valence electrons. The number of rotatable bonds is 1. The maximum atomic E-state index is 10.5. The summed E-state index contributed by atoms with van der Waals surface area (Å²) in [4.78, 5) is 14.4. The van der Waals surface area contributed by atoms with Crippen molar-refractivity contribution in [3.05, 3.63) is 0 Å². The highest BCUT2D eigenvalue weighted by molar-refractivity contribution is 8.13. The van der Waals surface area contributed by atoms with Crippen LogP contribution in [0.15, 0.2) is 4.99 Å². The van der Waals surface area contributed by atoms with E-state index in [4.69, 9.17) is 16.3 Å². The normalized spacial score (nSPS) is 16.7. The molecule has 1 rings (SSSR count). The number of nitrogens with zero attached hydrogens (tertiary/aromatic N) is 1. The van der Waals surface area contributed by atoms with E-state index in [1.165, 1.54) is 11.8 Å². The third-order valence-corrected chi connectivity index (χ3v) is 1.93. The predicted molar refractivity (Wildman–Crippen MR) is 41.6 cm³/mol. The molecule has 0 N–H and O–H groups in total. The minimum atomic E-state index is -0.435. The highest BCUT2D eigenvalue weighted by Gasteiger charge is 2.11. The molecule has 0 radical (unpaired) electrons. The van der Waals surface area contributed by atoms with Gasteiger partial charge in [-0.3, -0.25) is 4.79 Å². The zero-order valence-electron chi connectivity index (χ0n) is 5.17. The van der Waals surface area contributed by atoms with Crippen molar-refractivity contribution in [2.75, 3.05) is 18.2 Å². The Balaban J connectivity index is 2.30. The second kappa shape index (κ2) is 3.83. The van der Waals surface area contributed by atoms with Gasteiger partial charge in [0.15, 0.2) is 0 Å². The average Bonchev–Trinajstić information content (AvgIpc) is 2.40. The molecular weight excluding hydrogens is 174 g/mol. The fourth-order valence-electron chi connectivity index (χ4n) is 0.502. The van der Waals surface area contributed by atoms with E-state index in [-0.39, 0.29) is 5.88 Å². The van der Waals surface area contributed by atoms with Gasteiger partial charge in [0.25, 0.3) is 5.23 Å². The Morgan fingerprint density at radius 2 is 2.70 bits per heavy atom. The van der Waals surface area contributed by atoms with Crippen LogP contribution in [-0.2, 0) is 9.53 Å². The van der Waals surface area contributed by atoms with Crippen LogP contribution in [0.25, 0.3) is 0 Å². The lowest BCUT2D eigenvalue weighted by Gasteiger charge is -1.96. The maximum Gasteiger partial charge on any atom is 0.327 e. The van der Waals surface area contributed by atoms with Crippen LogP contribution in [0.4, 0.5) is 0 Å². The molecule has 1 aliphatic heterocycles. The summed E-state index contributed by atoms with van der Waals surface area (Å²) in [5.41, 5.74) is 0. The summed E-state index contributed by atoms with van der Waals surface area (Å²) < 4.78 is 4.70. The van der Waals surface area contributed by atoms with Crippen LogP contribution in [0.1, 0.15) is 0 Å². The average molecular weight is 180 g/mol. The first-order chi connectivity index (χ1) is 4.83. The van der Waals surface area contributed by atoms with Gasteiger partial charge in [0.2, 0.25) is 0 Å². The molecule has 0 saturated carbocycles. The third kappa shape index (κ3) is 2.19. The smallest absolute Gasteiger partial charge is 0.327 e. The van der Waals surface area contributed by atoms with Crippen LogP contribution >= 0.6 is 23.4 Å². The number of hydrogen-bond donors (Lipinski definition) is 0. The van der Waals surface area contributed by atoms with Gasteiger partial charge >= 0.3 is 5.97 Å². The lowest BCUT2D eigenvalue weighted by Crippen LogP contribution is -2.08. The molecule has 10 heavy (non-hydrogen) atoms. The molecule has 0 atom stereocenters. The van der Waals surface area contributed by atoms with Gasteiger partial charge in [0.1, 0.15) is 5.88 Å². The van der Waals surface area contributed by atoms with Gasteiger partial charge in [-0.2, -0.15) is 0 Å². The monoisotopic (exact) mass is 179 g/mol. The quantitative estimate of drug-likeness (QED) is 0.443. The van der Waals surface area contributed by atoms with Gasteiger partial charge in [-0.1, -0.05) is 11.8 Å². The van der Waals surface area contributed by atoms with Crippen molar-refractivity contribution in [1.82, 2.24) is 0 Å². The van der Waals surface area contributed by atoms with Gasteiger partial charge in [-0.15, -0.1) is 11.6 Å². The summed E-state index contributed by atoms with van der Waals surface area (Å²) in [5, 5.41) is 0.450. The summed E-state index contributed by atoms with van der Waals surface area (Å²) in [5.74, 6) is 0.347. The Kier molecular flexibility index (Phi) is 3.02. The van der Waals surface area contributed by atoms with Gasteiger partial charge in [-0.25, -0.2) is 4.99 Å². The second-order valence-electron chi connectivity index (χ2n) is 1.60. The molecule has 0 unspecified atom stereocenters. The van der Waals surface area contributed by atoms with Gasteiger partial charge < -0.3 is 4.74 Å². The number of esters is 1. The number of halogens is 1. The molecule has 0 bridgehead atoms. The largest absolute Gasteiger partial charge is 0.401 e. The molecule has 0 saturated heterocycles. The summed E-state index contributed by atoms with van der Waals surface area (Å²) in [6, 6.07) is 0. The summed E-state index contributed by atoms with van der Waals surface area (Å²) in [6.07, 6.45) is 0. The molecule has 0 aromatic rings. The van der Waals surface area contributed by atoms with Gasteiger partial charge in [0.05, 0.1) is 6.54 Å². The molecule has 0 aromatic heterocycles. The van der Waals surface area contributed by atoms with E-state index in [1.54, 1.807) is 0 Å². The van der Waals surface area contributed by atoms with Crippen molar-refractivity contribution in [1.29, 1.82) is 0 Å². The number of thioether (sulfide) groups is 1.